The number of nitrogens with two attached hydrogens (primary N) is 1. The molecule has 0 radical (unpaired) electrons. The average Bonchev–Trinajstić information content (AvgIpc) is 2.85. The first-order valence-corrected chi connectivity index (χ1v) is 6.40. The molecule has 20 heavy (non-hydrogen) atoms. The first kappa shape index (κ1) is 12.4. The van der Waals surface area contributed by atoms with Gasteiger partial charge in [-0.1, -0.05) is 23.4 Å². The second kappa shape index (κ2) is 4.81. The lowest BCUT2D eigenvalue weighted by Gasteiger charge is -2.06. The van der Waals surface area contributed by atoms with Crippen LogP contribution >= 0.6 is 0 Å². The van der Waals surface area contributed by atoms with Crippen LogP contribution in [0, 0.1) is 13.8 Å². The lowest BCUT2D eigenvalue weighted by molar-refractivity contribution is 0.439. The lowest BCUT2D eigenvalue weighted by atomic mass is 9.98. The molecule has 2 aromatic heterocycles. The van der Waals surface area contributed by atoms with Gasteiger partial charge >= 0.3 is 0 Å². The van der Waals surface area contributed by atoms with E-state index < -0.39 is 0 Å². The minimum atomic E-state index is 0.333. The predicted molar refractivity (Wildman–Crippen MR) is 79.1 cm³/mol. The molecule has 4 heteroatoms. The highest BCUT2D eigenvalue weighted by molar-refractivity contribution is 5.86. The number of aromatic nitrogens is 2. The molecule has 0 bridgehead atoms. The van der Waals surface area contributed by atoms with Crippen molar-refractivity contribution < 1.29 is 4.52 Å². The summed E-state index contributed by atoms with van der Waals surface area (Å²) in [4.78, 5) is 4.02. The van der Waals surface area contributed by atoms with E-state index in [1.807, 2.05) is 18.2 Å². The number of hydrogen-bond donors (Lipinski definition) is 1. The van der Waals surface area contributed by atoms with E-state index in [4.69, 9.17) is 10.3 Å². The summed E-state index contributed by atoms with van der Waals surface area (Å²) in [6.45, 7) is 4.16. The van der Waals surface area contributed by atoms with Gasteiger partial charge in [-0.2, -0.15) is 0 Å². The third kappa shape index (κ3) is 2.05. The molecule has 2 N–H and O–H groups in total. The number of pyridine rings is 1. The van der Waals surface area contributed by atoms with E-state index in [0.717, 1.165) is 22.4 Å². The zero-order valence-corrected chi connectivity index (χ0v) is 11.4. The second-order valence-electron chi connectivity index (χ2n) is 4.81. The molecule has 3 rings (SSSR count). The molecule has 0 spiro atoms. The minimum absolute atomic E-state index is 0.333. The SMILES string of the molecule is Cc1ccc(-c2c(-c3ccncc3)noc2N)cc1C. The van der Waals surface area contributed by atoms with Crippen LogP contribution in [0.5, 0.6) is 0 Å². The number of rotatable bonds is 2. The Kier molecular flexibility index (Phi) is 2.99. The Morgan fingerprint density at radius 1 is 0.950 bits per heavy atom. The van der Waals surface area contributed by atoms with Crippen molar-refractivity contribution in [2.45, 2.75) is 13.8 Å². The molecule has 0 aliphatic carbocycles. The Hall–Kier alpha value is -2.62. The van der Waals surface area contributed by atoms with E-state index in [1.54, 1.807) is 12.4 Å². The van der Waals surface area contributed by atoms with Gasteiger partial charge in [-0.3, -0.25) is 4.98 Å². The highest BCUT2D eigenvalue weighted by Gasteiger charge is 2.17. The number of aryl methyl sites for hydroxylation is 2. The van der Waals surface area contributed by atoms with Gasteiger partial charge in [0.2, 0.25) is 5.88 Å². The van der Waals surface area contributed by atoms with E-state index in [1.165, 1.54) is 11.1 Å². The van der Waals surface area contributed by atoms with Crippen LogP contribution in [-0.4, -0.2) is 10.1 Å². The van der Waals surface area contributed by atoms with E-state index >= 15 is 0 Å². The van der Waals surface area contributed by atoms with E-state index in [-0.39, 0.29) is 0 Å². The van der Waals surface area contributed by atoms with Gasteiger partial charge in [-0.15, -0.1) is 0 Å². The van der Waals surface area contributed by atoms with Crippen LogP contribution in [0.2, 0.25) is 0 Å². The van der Waals surface area contributed by atoms with Crippen molar-refractivity contribution >= 4 is 5.88 Å². The van der Waals surface area contributed by atoms with Gasteiger partial charge in [0.15, 0.2) is 0 Å². The summed E-state index contributed by atoms with van der Waals surface area (Å²) < 4.78 is 5.18. The molecular formula is C16H15N3O. The highest BCUT2D eigenvalue weighted by atomic mass is 16.5. The summed E-state index contributed by atoms with van der Waals surface area (Å²) in [5.74, 6) is 0.333. The molecule has 2 heterocycles. The summed E-state index contributed by atoms with van der Waals surface area (Å²) in [5, 5.41) is 4.09. The molecule has 1 aromatic carbocycles. The Bertz CT molecular complexity index is 748. The fraction of sp³-hybridized carbons (Fsp3) is 0.125. The lowest BCUT2D eigenvalue weighted by Crippen LogP contribution is -1.90. The first-order chi connectivity index (χ1) is 9.66. The van der Waals surface area contributed by atoms with Gasteiger partial charge in [0.25, 0.3) is 0 Å². The zero-order chi connectivity index (χ0) is 14.1. The van der Waals surface area contributed by atoms with Gasteiger partial charge in [0.1, 0.15) is 5.69 Å². The third-order valence-electron chi connectivity index (χ3n) is 3.47. The van der Waals surface area contributed by atoms with Crippen molar-refractivity contribution in [1.29, 1.82) is 0 Å². The normalized spacial score (nSPS) is 10.7. The fourth-order valence-corrected chi connectivity index (χ4v) is 2.19. The molecule has 0 saturated heterocycles. The van der Waals surface area contributed by atoms with Crippen LogP contribution in [0.3, 0.4) is 0 Å². The van der Waals surface area contributed by atoms with Crippen molar-refractivity contribution in [3.05, 3.63) is 53.9 Å². The molecule has 0 fully saturated rings. The molecule has 0 atom stereocenters. The Balaban J connectivity index is 2.19. The maximum Gasteiger partial charge on any atom is 0.230 e. The maximum absolute atomic E-state index is 5.95. The summed E-state index contributed by atoms with van der Waals surface area (Å²) in [6.07, 6.45) is 3.45. The van der Waals surface area contributed by atoms with Crippen LogP contribution in [-0.2, 0) is 0 Å². The smallest absolute Gasteiger partial charge is 0.230 e. The van der Waals surface area contributed by atoms with Crippen molar-refractivity contribution in [1.82, 2.24) is 10.1 Å². The highest BCUT2D eigenvalue weighted by Crippen LogP contribution is 2.36. The van der Waals surface area contributed by atoms with Gasteiger partial charge in [-0.25, -0.2) is 0 Å². The van der Waals surface area contributed by atoms with Gasteiger partial charge in [-0.05, 0) is 42.7 Å². The maximum atomic E-state index is 5.95. The Labute approximate surface area is 117 Å². The van der Waals surface area contributed by atoms with Crippen molar-refractivity contribution in [2.24, 2.45) is 0 Å². The molecule has 0 aliphatic heterocycles. The monoisotopic (exact) mass is 265 g/mol. The van der Waals surface area contributed by atoms with Crippen molar-refractivity contribution in [2.75, 3.05) is 5.73 Å². The average molecular weight is 265 g/mol. The zero-order valence-electron chi connectivity index (χ0n) is 11.4. The van der Waals surface area contributed by atoms with Gasteiger partial charge < -0.3 is 10.3 Å². The number of anilines is 1. The fourth-order valence-electron chi connectivity index (χ4n) is 2.19. The van der Waals surface area contributed by atoms with E-state index in [9.17, 15) is 0 Å². The summed E-state index contributed by atoms with van der Waals surface area (Å²) in [6, 6.07) is 10.00. The molecule has 0 unspecified atom stereocenters. The Morgan fingerprint density at radius 2 is 1.70 bits per heavy atom. The molecule has 0 aliphatic rings. The Morgan fingerprint density at radius 3 is 2.40 bits per heavy atom. The topological polar surface area (TPSA) is 64.9 Å². The predicted octanol–water partition coefficient (Wildman–Crippen LogP) is 3.60. The molecule has 0 amide bonds. The molecule has 3 aromatic rings. The quantitative estimate of drug-likeness (QED) is 0.768. The summed E-state index contributed by atoms with van der Waals surface area (Å²) >= 11 is 0. The number of benzene rings is 1. The van der Waals surface area contributed by atoms with Crippen molar-refractivity contribution in [3.63, 3.8) is 0 Å². The van der Waals surface area contributed by atoms with Crippen LogP contribution in [0.1, 0.15) is 11.1 Å². The molecule has 100 valence electrons. The van der Waals surface area contributed by atoms with Crippen LogP contribution in [0.25, 0.3) is 22.4 Å². The standard InChI is InChI=1S/C16H15N3O/c1-10-3-4-13(9-11(10)2)14-15(19-20-16(14)17)12-5-7-18-8-6-12/h3-9H,17H2,1-2H3. The molecule has 4 nitrogen and oxygen atoms in total. The first-order valence-electron chi connectivity index (χ1n) is 6.40. The van der Waals surface area contributed by atoms with Crippen LogP contribution in [0.15, 0.2) is 47.2 Å². The number of hydrogen-bond acceptors (Lipinski definition) is 4. The molecular weight excluding hydrogens is 250 g/mol. The molecule has 0 saturated carbocycles. The minimum Gasteiger partial charge on any atom is -0.367 e. The van der Waals surface area contributed by atoms with Crippen LogP contribution < -0.4 is 5.73 Å². The van der Waals surface area contributed by atoms with E-state index in [0.29, 0.717) is 5.88 Å². The summed E-state index contributed by atoms with van der Waals surface area (Å²) in [5.41, 5.74) is 11.9. The van der Waals surface area contributed by atoms with Crippen molar-refractivity contribution in [3.8, 4) is 22.4 Å². The third-order valence-corrected chi connectivity index (χ3v) is 3.47. The largest absolute Gasteiger partial charge is 0.367 e. The van der Waals surface area contributed by atoms with Gasteiger partial charge in [0.05, 0.1) is 5.56 Å². The number of nitrogens with zero attached hydrogens (tertiary/aromatic N) is 2. The van der Waals surface area contributed by atoms with Crippen LogP contribution in [0.4, 0.5) is 5.88 Å². The second-order valence-corrected chi connectivity index (χ2v) is 4.81. The summed E-state index contributed by atoms with van der Waals surface area (Å²) in [7, 11) is 0. The van der Waals surface area contributed by atoms with Gasteiger partial charge in [0, 0.05) is 18.0 Å². The number of nitrogen functional groups attached to an aromatic ring is 1. The van der Waals surface area contributed by atoms with E-state index in [2.05, 4.69) is 36.1 Å².